The molecule has 1 fully saturated rings. The maximum absolute atomic E-state index is 13.3. The summed E-state index contributed by atoms with van der Waals surface area (Å²) in [5.41, 5.74) is 1.00. The predicted octanol–water partition coefficient (Wildman–Crippen LogP) is 3.07. The number of rotatable bonds is 5. The Hall–Kier alpha value is -1.42. The number of carboxylic acids is 1. The Kier molecular flexibility index (Phi) is 4.53. The van der Waals surface area contributed by atoms with Gasteiger partial charge in [0.05, 0.1) is 0 Å². The average Bonchev–Trinajstić information content (AvgIpc) is 2.70. The van der Waals surface area contributed by atoms with Crippen LogP contribution in [0.25, 0.3) is 0 Å². The largest absolute Gasteiger partial charge is 0.481 e. The molecule has 4 heteroatoms. The van der Waals surface area contributed by atoms with Gasteiger partial charge in [0.2, 0.25) is 0 Å². The molecule has 0 aliphatic carbocycles. The predicted molar refractivity (Wildman–Crippen MR) is 71.4 cm³/mol. The van der Waals surface area contributed by atoms with Crippen LogP contribution >= 0.6 is 0 Å². The zero-order valence-corrected chi connectivity index (χ0v) is 11.2. The third kappa shape index (κ3) is 3.53. The summed E-state index contributed by atoms with van der Waals surface area (Å²) >= 11 is 0. The Balaban J connectivity index is 2.05. The lowest BCUT2D eigenvalue weighted by Gasteiger charge is -2.27. The monoisotopic (exact) mass is 265 g/mol. The summed E-state index contributed by atoms with van der Waals surface area (Å²) in [5, 5.41) is 8.69. The van der Waals surface area contributed by atoms with Crippen LogP contribution in [0.2, 0.25) is 0 Å². The van der Waals surface area contributed by atoms with Crippen LogP contribution in [-0.4, -0.2) is 29.1 Å². The van der Waals surface area contributed by atoms with E-state index in [-0.39, 0.29) is 18.3 Å². The van der Waals surface area contributed by atoms with Gasteiger partial charge in [-0.15, -0.1) is 0 Å². The fraction of sp³-hybridized carbons (Fsp3) is 0.533. The van der Waals surface area contributed by atoms with Crippen molar-refractivity contribution in [2.24, 2.45) is 5.92 Å². The molecule has 1 heterocycles. The minimum absolute atomic E-state index is 0.195. The molecule has 0 bridgehead atoms. The first-order valence-electron chi connectivity index (χ1n) is 6.79. The minimum atomic E-state index is -0.755. The van der Waals surface area contributed by atoms with Gasteiger partial charge in [0.1, 0.15) is 5.82 Å². The van der Waals surface area contributed by atoms with Crippen LogP contribution in [0.15, 0.2) is 24.3 Å². The molecule has 1 aromatic rings. The molecule has 3 nitrogen and oxygen atoms in total. The van der Waals surface area contributed by atoms with Gasteiger partial charge in [-0.3, -0.25) is 9.69 Å². The van der Waals surface area contributed by atoms with Crippen LogP contribution in [0, 0.1) is 11.7 Å². The smallest absolute Gasteiger partial charge is 0.303 e. The topological polar surface area (TPSA) is 40.5 Å². The van der Waals surface area contributed by atoms with E-state index in [0.717, 1.165) is 25.1 Å². The molecule has 0 unspecified atom stereocenters. The Bertz CT molecular complexity index is 450. The Morgan fingerprint density at radius 1 is 1.53 bits per heavy atom. The van der Waals surface area contributed by atoms with Gasteiger partial charge in [0, 0.05) is 12.5 Å². The standard InChI is InChI=1S/C15H20FNO2/c1-11-7-9-17(8-3-6-14(18)19)15(11)12-4-2-5-13(16)10-12/h2,4-5,10-11,15H,3,6-9H2,1H3,(H,18,19)/t11-,15-/m0/s1. The maximum atomic E-state index is 13.3. The molecule has 0 aromatic heterocycles. The number of carboxylic acid groups (broad SMARTS) is 1. The molecule has 0 spiro atoms. The van der Waals surface area contributed by atoms with Crippen molar-refractivity contribution in [3.8, 4) is 0 Å². The zero-order valence-electron chi connectivity index (χ0n) is 11.2. The van der Waals surface area contributed by atoms with Crippen LogP contribution < -0.4 is 0 Å². The quantitative estimate of drug-likeness (QED) is 0.889. The summed E-state index contributed by atoms with van der Waals surface area (Å²) in [6.45, 7) is 3.90. The van der Waals surface area contributed by atoms with E-state index in [4.69, 9.17) is 5.11 Å². The van der Waals surface area contributed by atoms with Crippen molar-refractivity contribution in [3.63, 3.8) is 0 Å². The SMILES string of the molecule is C[C@H]1CCN(CCCC(=O)O)[C@@H]1c1cccc(F)c1. The van der Waals surface area contributed by atoms with E-state index in [1.54, 1.807) is 12.1 Å². The molecule has 2 rings (SSSR count). The van der Waals surface area contributed by atoms with Crippen LogP contribution in [0.5, 0.6) is 0 Å². The molecule has 1 aliphatic rings. The molecule has 2 atom stereocenters. The molecule has 104 valence electrons. The summed E-state index contributed by atoms with van der Waals surface area (Å²) in [6, 6.07) is 6.96. The number of hydrogen-bond acceptors (Lipinski definition) is 2. The fourth-order valence-corrected chi connectivity index (χ4v) is 2.94. The van der Waals surface area contributed by atoms with E-state index in [2.05, 4.69) is 11.8 Å². The lowest BCUT2D eigenvalue weighted by Crippen LogP contribution is -2.26. The van der Waals surface area contributed by atoms with Gasteiger partial charge >= 0.3 is 5.97 Å². The molecular formula is C15H20FNO2. The van der Waals surface area contributed by atoms with Crippen molar-refractivity contribution in [3.05, 3.63) is 35.6 Å². The minimum Gasteiger partial charge on any atom is -0.481 e. The molecule has 0 amide bonds. The molecule has 1 N–H and O–H groups in total. The summed E-state index contributed by atoms with van der Waals surface area (Å²) in [4.78, 5) is 12.8. The number of carbonyl (C=O) groups is 1. The van der Waals surface area contributed by atoms with Crippen LogP contribution in [0.1, 0.15) is 37.8 Å². The third-order valence-electron chi connectivity index (χ3n) is 3.83. The second-order valence-corrected chi connectivity index (χ2v) is 5.30. The van der Waals surface area contributed by atoms with Gasteiger partial charge in [0.15, 0.2) is 0 Å². The zero-order chi connectivity index (χ0) is 13.8. The Labute approximate surface area is 113 Å². The van der Waals surface area contributed by atoms with E-state index in [9.17, 15) is 9.18 Å². The number of nitrogens with zero attached hydrogens (tertiary/aromatic N) is 1. The third-order valence-corrected chi connectivity index (χ3v) is 3.83. The van der Waals surface area contributed by atoms with E-state index < -0.39 is 5.97 Å². The molecule has 1 aliphatic heterocycles. The van der Waals surface area contributed by atoms with Crippen molar-refractivity contribution < 1.29 is 14.3 Å². The van der Waals surface area contributed by atoms with E-state index in [1.165, 1.54) is 6.07 Å². The van der Waals surface area contributed by atoms with Crippen molar-refractivity contribution in [1.82, 2.24) is 4.90 Å². The number of aliphatic carboxylic acids is 1. The first kappa shape index (κ1) is 14.0. The van der Waals surface area contributed by atoms with Gasteiger partial charge in [-0.1, -0.05) is 19.1 Å². The van der Waals surface area contributed by atoms with Gasteiger partial charge in [-0.05, 0) is 49.5 Å². The Morgan fingerprint density at radius 2 is 2.32 bits per heavy atom. The first-order valence-corrected chi connectivity index (χ1v) is 6.79. The highest BCUT2D eigenvalue weighted by molar-refractivity contribution is 5.66. The van der Waals surface area contributed by atoms with Crippen LogP contribution in [0.4, 0.5) is 4.39 Å². The summed E-state index contributed by atoms with van der Waals surface area (Å²) in [5.74, 6) is -0.483. The van der Waals surface area contributed by atoms with Crippen LogP contribution in [0.3, 0.4) is 0 Å². The highest BCUT2D eigenvalue weighted by Gasteiger charge is 2.32. The molecule has 0 saturated carbocycles. The summed E-state index contributed by atoms with van der Waals surface area (Å²) < 4.78 is 13.3. The molecule has 0 radical (unpaired) electrons. The van der Waals surface area contributed by atoms with Crippen molar-refractivity contribution in [2.75, 3.05) is 13.1 Å². The van der Waals surface area contributed by atoms with E-state index in [1.807, 2.05) is 6.07 Å². The second kappa shape index (κ2) is 6.15. The lowest BCUT2D eigenvalue weighted by atomic mass is 9.95. The normalized spacial score (nSPS) is 23.7. The maximum Gasteiger partial charge on any atom is 0.303 e. The number of likely N-dealkylation sites (tertiary alicyclic amines) is 1. The lowest BCUT2D eigenvalue weighted by molar-refractivity contribution is -0.137. The Morgan fingerprint density at radius 3 is 3.00 bits per heavy atom. The highest BCUT2D eigenvalue weighted by atomic mass is 19.1. The van der Waals surface area contributed by atoms with E-state index in [0.29, 0.717) is 12.3 Å². The number of hydrogen-bond donors (Lipinski definition) is 1. The first-order chi connectivity index (χ1) is 9.08. The van der Waals surface area contributed by atoms with Crippen LogP contribution in [-0.2, 0) is 4.79 Å². The molecule has 1 saturated heterocycles. The summed E-state index contributed by atoms with van der Waals surface area (Å²) in [7, 11) is 0. The van der Waals surface area contributed by atoms with Gasteiger partial charge in [-0.25, -0.2) is 4.39 Å². The van der Waals surface area contributed by atoms with Gasteiger partial charge in [-0.2, -0.15) is 0 Å². The average molecular weight is 265 g/mol. The highest BCUT2D eigenvalue weighted by Crippen LogP contribution is 2.37. The molecular weight excluding hydrogens is 245 g/mol. The van der Waals surface area contributed by atoms with Crippen molar-refractivity contribution in [2.45, 2.75) is 32.2 Å². The van der Waals surface area contributed by atoms with Gasteiger partial charge in [0.25, 0.3) is 0 Å². The molecule has 1 aromatic carbocycles. The number of halogens is 1. The fourth-order valence-electron chi connectivity index (χ4n) is 2.94. The number of benzene rings is 1. The molecule has 19 heavy (non-hydrogen) atoms. The van der Waals surface area contributed by atoms with Crippen molar-refractivity contribution >= 4 is 5.97 Å². The second-order valence-electron chi connectivity index (χ2n) is 5.30. The van der Waals surface area contributed by atoms with Crippen molar-refractivity contribution in [1.29, 1.82) is 0 Å². The summed E-state index contributed by atoms with van der Waals surface area (Å²) in [6.07, 6.45) is 1.92. The van der Waals surface area contributed by atoms with E-state index >= 15 is 0 Å². The van der Waals surface area contributed by atoms with Gasteiger partial charge < -0.3 is 5.11 Å².